The molecule has 0 bridgehead atoms. The Hall–Kier alpha value is -0.540. The van der Waals surface area contributed by atoms with Gasteiger partial charge in [-0.15, -0.1) is 0 Å². The Labute approximate surface area is 64.2 Å². The molecule has 0 aromatic rings. The highest BCUT2D eigenvalue weighted by Gasteiger charge is 1.93. The molecule has 1 unspecified atom stereocenters. The van der Waals surface area contributed by atoms with E-state index in [1.807, 2.05) is 0 Å². The molecule has 0 aliphatic heterocycles. The van der Waals surface area contributed by atoms with Crippen molar-refractivity contribution < 1.29 is 14.6 Å². The summed E-state index contributed by atoms with van der Waals surface area (Å²) in [7, 11) is 1.28. The second-order valence-electron chi connectivity index (χ2n) is 1.60. The normalized spacial score (nSPS) is 13.5. The average Bonchev–Trinajstić information content (AvgIpc) is 1.87. The van der Waals surface area contributed by atoms with Crippen molar-refractivity contribution in [2.24, 2.45) is 0 Å². The predicted molar refractivity (Wildman–Crippen MR) is 37.6 cm³/mol. The number of carbonyl (C=O) groups is 1. The SMILES string of the molecule is COC(=O)C=CCC(O)Cl. The molecule has 4 heteroatoms. The molecule has 0 rings (SSSR count). The van der Waals surface area contributed by atoms with Crippen LogP contribution in [0.4, 0.5) is 0 Å². The quantitative estimate of drug-likeness (QED) is 0.379. The van der Waals surface area contributed by atoms with Crippen LogP contribution in [-0.2, 0) is 9.53 Å². The molecule has 10 heavy (non-hydrogen) atoms. The van der Waals surface area contributed by atoms with Gasteiger partial charge in [-0.25, -0.2) is 4.79 Å². The molecule has 0 radical (unpaired) electrons. The Morgan fingerprint density at radius 3 is 2.90 bits per heavy atom. The van der Waals surface area contributed by atoms with Crippen LogP contribution in [0.2, 0.25) is 0 Å². The Kier molecular flexibility index (Phi) is 4.98. The van der Waals surface area contributed by atoms with Crippen molar-refractivity contribution in [3.63, 3.8) is 0 Å². The number of hydrogen-bond acceptors (Lipinski definition) is 3. The number of methoxy groups -OCH3 is 1. The van der Waals surface area contributed by atoms with Gasteiger partial charge >= 0.3 is 5.97 Å². The molecule has 0 aromatic carbocycles. The van der Waals surface area contributed by atoms with E-state index in [2.05, 4.69) is 4.74 Å². The van der Waals surface area contributed by atoms with E-state index in [1.54, 1.807) is 0 Å². The van der Waals surface area contributed by atoms with Gasteiger partial charge in [0.1, 0.15) is 5.56 Å². The monoisotopic (exact) mass is 164 g/mol. The van der Waals surface area contributed by atoms with Crippen molar-refractivity contribution in [3.8, 4) is 0 Å². The number of hydrogen-bond donors (Lipinski definition) is 1. The van der Waals surface area contributed by atoms with Gasteiger partial charge in [-0.3, -0.25) is 0 Å². The highest BCUT2D eigenvalue weighted by Crippen LogP contribution is 1.97. The number of aliphatic hydroxyl groups excluding tert-OH is 1. The van der Waals surface area contributed by atoms with Crippen LogP contribution in [0.3, 0.4) is 0 Å². The van der Waals surface area contributed by atoms with Crippen molar-refractivity contribution in [2.75, 3.05) is 7.11 Å². The number of alkyl halides is 1. The fourth-order valence-electron chi connectivity index (χ4n) is 0.345. The summed E-state index contributed by atoms with van der Waals surface area (Å²) in [6, 6.07) is 0. The van der Waals surface area contributed by atoms with E-state index < -0.39 is 11.5 Å². The van der Waals surface area contributed by atoms with Crippen LogP contribution in [0.1, 0.15) is 6.42 Å². The van der Waals surface area contributed by atoms with Crippen molar-refractivity contribution in [1.29, 1.82) is 0 Å². The Bertz CT molecular complexity index is 131. The van der Waals surface area contributed by atoms with Crippen LogP contribution in [0.25, 0.3) is 0 Å². The van der Waals surface area contributed by atoms with Gasteiger partial charge < -0.3 is 9.84 Å². The topological polar surface area (TPSA) is 46.5 Å². The zero-order valence-corrected chi connectivity index (χ0v) is 6.34. The minimum atomic E-state index is -0.930. The van der Waals surface area contributed by atoms with Gasteiger partial charge in [0.25, 0.3) is 0 Å². The lowest BCUT2D eigenvalue weighted by atomic mass is 10.4. The summed E-state index contributed by atoms with van der Waals surface area (Å²) < 4.78 is 4.28. The molecule has 0 aliphatic carbocycles. The average molecular weight is 165 g/mol. The zero-order chi connectivity index (χ0) is 7.98. The van der Waals surface area contributed by atoms with Crippen LogP contribution < -0.4 is 0 Å². The lowest BCUT2D eigenvalue weighted by molar-refractivity contribution is -0.134. The third kappa shape index (κ3) is 5.59. The Balaban J connectivity index is 3.46. The number of ether oxygens (including phenoxy) is 1. The van der Waals surface area contributed by atoms with Gasteiger partial charge in [-0.2, -0.15) is 0 Å². The molecule has 0 aliphatic rings. The summed E-state index contributed by atoms with van der Waals surface area (Å²) in [4.78, 5) is 10.4. The Morgan fingerprint density at radius 2 is 2.50 bits per heavy atom. The maximum atomic E-state index is 10.4. The first kappa shape index (κ1) is 9.46. The summed E-state index contributed by atoms with van der Waals surface area (Å²) in [6.45, 7) is 0. The molecule has 0 spiro atoms. The summed E-state index contributed by atoms with van der Waals surface area (Å²) in [5.41, 5.74) is -0.930. The van der Waals surface area contributed by atoms with E-state index in [-0.39, 0.29) is 6.42 Å². The molecule has 0 saturated heterocycles. The van der Waals surface area contributed by atoms with E-state index >= 15 is 0 Å². The number of halogens is 1. The van der Waals surface area contributed by atoms with Gasteiger partial charge in [-0.1, -0.05) is 17.7 Å². The number of aliphatic hydroxyl groups is 1. The molecule has 0 saturated carbocycles. The van der Waals surface area contributed by atoms with E-state index in [9.17, 15) is 4.79 Å². The Morgan fingerprint density at radius 1 is 1.90 bits per heavy atom. The van der Waals surface area contributed by atoms with Gasteiger partial charge in [0.05, 0.1) is 7.11 Å². The predicted octanol–water partition coefficient (Wildman–Crippen LogP) is 0.663. The molecule has 0 heterocycles. The summed E-state index contributed by atoms with van der Waals surface area (Å²) >= 11 is 5.16. The standard InChI is InChI=1S/C6H9ClO3/c1-10-6(9)4-2-3-5(7)8/h2,4-5,8H,3H2,1H3. The highest BCUT2D eigenvalue weighted by atomic mass is 35.5. The molecular weight excluding hydrogens is 156 g/mol. The third-order valence-corrected chi connectivity index (χ3v) is 0.964. The molecule has 1 N–H and O–H groups in total. The van der Waals surface area contributed by atoms with Gasteiger partial charge in [0.15, 0.2) is 0 Å². The second-order valence-corrected chi connectivity index (χ2v) is 2.10. The number of rotatable bonds is 3. The van der Waals surface area contributed by atoms with E-state index in [4.69, 9.17) is 16.7 Å². The summed E-state index contributed by atoms with van der Waals surface area (Å²) in [5, 5.41) is 8.50. The summed E-state index contributed by atoms with van der Waals surface area (Å²) in [5.74, 6) is -0.447. The largest absolute Gasteiger partial charge is 0.466 e. The van der Waals surface area contributed by atoms with Gasteiger partial charge in [-0.05, 0) is 0 Å². The van der Waals surface area contributed by atoms with E-state index in [0.717, 1.165) is 0 Å². The van der Waals surface area contributed by atoms with Crippen LogP contribution >= 0.6 is 11.6 Å². The van der Waals surface area contributed by atoms with Crippen molar-refractivity contribution in [2.45, 2.75) is 12.0 Å². The van der Waals surface area contributed by atoms with Gasteiger partial charge in [0, 0.05) is 12.5 Å². The lowest BCUT2D eigenvalue weighted by Crippen LogP contribution is -1.96. The molecular formula is C6H9ClO3. The fraction of sp³-hybridized carbons (Fsp3) is 0.500. The van der Waals surface area contributed by atoms with Crippen molar-refractivity contribution in [1.82, 2.24) is 0 Å². The smallest absolute Gasteiger partial charge is 0.330 e. The molecule has 0 aromatic heterocycles. The second kappa shape index (κ2) is 5.26. The lowest BCUT2D eigenvalue weighted by Gasteiger charge is -1.93. The first-order valence-electron chi connectivity index (χ1n) is 2.73. The third-order valence-electron chi connectivity index (χ3n) is 0.786. The number of esters is 1. The van der Waals surface area contributed by atoms with Crippen molar-refractivity contribution >= 4 is 17.6 Å². The fourth-order valence-corrected chi connectivity index (χ4v) is 0.447. The van der Waals surface area contributed by atoms with Gasteiger partial charge in [0.2, 0.25) is 0 Å². The van der Waals surface area contributed by atoms with Crippen LogP contribution in [0.5, 0.6) is 0 Å². The molecule has 0 fully saturated rings. The molecule has 0 amide bonds. The zero-order valence-electron chi connectivity index (χ0n) is 5.58. The maximum Gasteiger partial charge on any atom is 0.330 e. The maximum absolute atomic E-state index is 10.4. The first-order chi connectivity index (χ1) is 4.66. The molecule has 3 nitrogen and oxygen atoms in total. The highest BCUT2D eigenvalue weighted by molar-refractivity contribution is 6.19. The minimum absolute atomic E-state index is 0.247. The molecule has 58 valence electrons. The molecule has 1 atom stereocenters. The van der Waals surface area contributed by atoms with Crippen LogP contribution in [0.15, 0.2) is 12.2 Å². The summed E-state index contributed by atoms with van der Waals surface area (Å²) in [6.07, 6.45) is 2.91. The number of carbonyl (C=O) groups excluding carboxylic acids is 1. The first-order valence-corrected chi connectivity index (χ1v) is 3.17. The van der Waals surface area contributed by atoms with E-state index in [0.29, 0.717) is 0 Å². The van der Waals surface area contributed by atoms with Crippen LogP contribution in [-0.4, -0.2) is 23.7 Å². The van der Waals surface area contributed by atoms with Crippen LogP contribution in [0, 0.1) is 0 Å². The van der Waals surface area contributed by atoms with Crippen molar-refractivity contribution in [3.05, 3.63) is 12.2 Å². The minimum Gasteiger partial charge on any atom is -0.466 e. The van der Waals surface area contributed by atoms with E-state index in [1.165, 1.54) is 19.3 Å².